The topological polar surface area (TPSA) is 37.8 Å². The van der Waals surface area contributed by atoms with Crippen molar-refractivity contribution in [2.45, 2.75) is 26.2 Å². The van der Waals surface area contributed by atoms with E-state index >= 15 is 0 Å². The molecule has 1 N–H and O–H groups in total. The van der Waals surface area contributed by atoms with Gasteiger partial charge in [0, 0.05) is 5.69 Å². The molecular weight excluding hydrogens is 281 g/mol. The molecule has 0 atom stereocenters. The monoisotopic (exact) mass is 295 g/mol. The highest BCUT2D eigenvalue weighted by Gasteiger charge is 2.13. The van der Waals surface area contributed by atoms with E-state index in [2.05, 4.69) is 48.2 Å². The molecule has 100 valence electrons. The van der Waals surface area contributed by atoms with Crippen LogP contribution in [0, 0.1) is 0 Å². The summed E-state index contributed by atoms with van der Waals surface area (Å²) in [5, 5.41) is 3.72. The van der Waals surface area contributed by atoms with Crippen molar-refractivity contribution < 1.29 is 0 Å². The van der Waals surface area contributed by atoms with Crippen molar-refractivity contribution in [2.24, 2.45) is 0 Å². The highest BCUT2D eigenvalue weighted by molar-refractivity contribution is 6.33. The second-order valence-electron chi connectivity index (χ2n) is 5.29. The first-order valence-corrected chi connectivity index (χ1v) is 6.67. The van der Waals surface area contributed by atoms with Gasteiger partial charge < -0.3 is 5.32 Å². The van der Waals surface area contributed by atoms with Gasteiger partial charge in [-0.3, -0.25) is 0 Å². The largest absolute Gasteiger partial charge is 0.339 e. The van der Waals surface area contributed by atoms with Crippen molar-refractivity contribution in [1.82, 2.24) is 9.97 Å². The third-order valence-electron chi connectivity index (χ3n) is 2.73. The second kappa shape index (κ2) is 5.35. The summed E-state index contributed by atoms with van der Waals surface area (Å²) in [7, 11) is 0. The Kier molecular flexibility index (Phi) is 3.97. The molecule has 1 heterocycles. The molecule has 2 aromatic rings. The molecule has 2 rings (SSSR count). The molecule has 5 heteroatoms. The molecule has 0 aliphatic heterocycles. The van der Waals surface area contributed by atoms with Gasteiger partial charge in [-0.1, -0.05) is 44.5 Å². The van der Waals surface area contributed by atoms with Crippen molar-refractivity contribution in [2.75, 3.05) is 5.32 Å². The Bertz CT molecular complexity index is 574. The Hall–Kier alpha value is -1.32. The van der Waals surface area contributed by atoms with Gasteiger partial charge in [-0.2, -0.15) is 4.98 Å². The number of rotatable bonds is 2. The maximum Gasteiger partial charge on any atom is 0.224 e. The van der Waals surface area contributed by atoms with E-state index in [0.29, 0.717) is 10.8 Å². The Morgan fingerprint density at radius 3 is 2.26 bits per heavy atom. The molecule has 0 radical (unpaired) electrons. The number of anilines is 2. The number of aromatic nitrogens is 2. The predicted molar refractivity (Wildman–Crippen MR) is 80.5 cm³/mol. The molecule has 0 fully saturated rings. The van der Waals surface area contributed by atoms with Crippen LogP contribution in [0.4, 0.5) is 11.5 Å². The summed E-state index contributed by atoms with van der Waals surface area (Å²) < 4.78 is 0. The predicted octanol–water partition coefficient (Wildman–Crippen LogP) is 4.82. The van der Waals surface area contributed by atoms with Crippen LogP contribution in [0.2, 0.25) is 10.3 Å². The molecule has 0 bridgehead atoms. The molecule has 0 unspecified atom stereocenters. The van der Waals surface area contributed by atoms with Crippen LogP contribution in [0.15, 0.2) is 30.5 Å². The standard InChI is InChI=1S/C14H15Cl2N3/c1-14(2,3)9-4-6-10(7-5-9)18-12-11(15)8-17-13(16)19-12/h4-8H,1-3H3,(H,17,18,19). The minimum Gasteiger partial charge on any atom is -0.339 e. The molecule has 1 aromatic heterocycles. The smallest absolute Gasteiger partial charge is 0.224 e. The lowest BCUT2D eigenvalue weighted by Crippen LogP contribution is -2.10. The van der Waals surface area contributed by atoms with Crippen LogP contribution in [0.3, 0.4) is 0 Å². The Labute approximate surface area is 123 Å². The van der Waals surface area contributed by atoms with Crippen LogP contribution in [0.1, 0.15) is 26.3 Å². The molecule has 19 heavy (non-hydrogen) atoms. The van der Waals surface area contributed by atoms with E-state index in [1.54, 1.807) is 0 Å². The molecule has 0 saturated heterocycles. The van der Waals surface area contributed by atoms with Gasteiger partial charge in [-0.05, 0) is 34.7 Å². The maximum absolute atomic E-state index is 6.00. The summed E-state index contributed by atoms with van der Waals surface area (Å²) in [5.74, 6) is 0.505. The summed E-state index contributed by atoms with van der Waals surface area (Å²) in [6, 6.07) is 8.15. The van der Waals surface area contributed by atoms with Gasteiger partial charge >= 0.3 is 0 Å². The number of nitrogens with one attached hydrogen (secondary N) is 1. The lowest BCUT2D eigenvalue weighted by atomic mass is 9.87. The Balaban J connectivity index is 2.22. The van der Waals surface area contributed by atoms with Crippen LogP contribution >= 0.6 is 23.2 Å². The van der Waals surface area contributed by atoms with Gasteiger partial charge in [0.25, 0.3) is 0 Å². The summed E-state index contributed by atoms with van der Waals surface area (Å²) >= 11 is 11.8. The zero-order valence-corrected chi connectivity index (χ0v) is 12.5. The fourth-order valence-corrected chi connectivity index (χ4v) is 1.90. The van der Waals surface area contributed by atoms with Crippen molar-refractivity contribution in [3.05, 3.63) is 46.3 Å². The summed E-state index contributed by atoms with van der Waals surface area (Å²) in [6.07, 6.45) is 1.47. The average Bonchev–Trinajstić information content (AvgIpc) is 2.33. The lowest BCUT2D eigenvalue weighted by Gasteiger charge is -2.19. The SMILES string of the molecule is CC(C)(C)c1ccc(Nc2nc(Cl)ncc2Cl)cc1. The van der Waals surface area contributed by atoms with E-state index in [1.807, 2.05) is 12.1 Å². The van der Waals surface area contributed by atoms with Crippen molar-refractivity contribution in [3.63, 3.8) is 0 Å². The van der Waals surface area contributed by atoms with E-state index < -0.39 is 0 Å². The minimum absolute atomic E-state index is 0.133. The van der Waals surface area contributed by atoms with Gasteiger partial charge in [-0.15, -0.1) is 0 Å². The van der Waals surface area contributed by atoms with Crippen LogP contribution < -0.4 is 5.32 Å². The van der Waals surface area contributed by atoms with Gasteiger partial charge in [0.05, 0.1) is 6.20 Å². The molecule has 1 aromatic carbocycles. The molecule has 0 aliphatic carbocycles. The van der Waals surface area contributed by atoms with E-state index in [9.17, 15) is 0 Å². The number of hydrogen-bond donors (Lipinski definition) is 1. The highest BCUT2D eigenvalue weighted by Crippen LogP contribution is 2.26. The van der Waals surface area contributed by atoms with Gasteiger partial charge in [-0.25, -0.2) is 4.98 Å². The maximum atomic E-state index is 6.00. The molecule has 3 nitrogen and oxygen atoms in total. The van der Waals surface area contributed by atoms with Crippen LogP contribution in [-0.2, 0) is 5.41 Å². The lowest BCUT2D eigenvalue weighted by molar-refractivity contribution is 0.590. The zero-order valence-electron chi connectivity index (χ0n) is 11.0. The van der Waals surface area contributed by atoms with Crippen LogP contribution in [0.5, 0.6) is 0 Å². The fourth-order valence-electron chi connectivity index (χ4n) is 1.62. The van der Waals surface area contributed by atoms with Gasteiger partial charge in [0.15, 0.2) is 5.82 Å². The average molecular weight is 296 g/mol. The highest BCUT2D eigenvalue weighted by atomic mass is 35.5. The first-order chi connectivity index (χ1) is 8.86. The van der Waals surface area contributed by atoms with Gasteiger partial charge in [0.1, 0.15) is 5.02 Å². The van der Waals surface area contributed by atoms with E-state index in [0.717, 1.165) is 5.69 Å². The quantitative estimate of drug-likeness (QED) is 0.807. The number of hydrogen-bond acceptors (Lipinski definition) is 3. The fraction of sp³-hybridized carbons (Fsp3) is 0.286. The van der Waals surface area contributed by atoms with E-state index in [-0.39, 0.29) is 10.7 Å². The first kappa shape index (κ1) is 14.1. The zero-order chi connectivity index (χ0) is 14.0. The number of halogens is 2. The summed E-state index contributed by atoms with van der Waals surface area (Å²) in [6.45, 7) is 6.53. The second-order valence-corrected chi connectivity index (χ2v) is 6.03. The molecular formula is C14H15Cl2N3. The summed E-state index contributed by atoms with van der Waals surface area (Å²) in [4.78, 5) is 7.86. The third kappa shape index (κ3) is 3.58. The minimum atomic E-state index is 0.133. The molecule has 0 saturated carbocycles. The third-order valence-corrected chi connectivity index (χ3v) is 3.19. The van der Waals surface area contributed by atoms with Crippen molar-refractivity contribution >= 4 is 34.7 Å². The molecule has 0 spiro atoms. The summed E-state index contributed by atoms with van der Waals surface area (Å²) in [5.41, 5.74) is 2.31. The van der Waals surface area contributed by atoms with Crippen LogP contribution in [0.25, 0.3) is 0 Å². The molecule has 0 aliphatic rings. The Morgan fingerprint density at radius 1 is 1.05 bits per heavy atom. The number of nitrogens with zero attached hydrogens (tertiary/aromatic N) is 2. The van der Waals surface area contributed by atoms with Crippen LogP contribution in [-0.4, -0.2) is 9.97 Å². The Morgan fingerprint density at radius 2 is 1.68 bits per heavy atom. The van der Waals surface area contributed by atoms with Crippen molar-refractivity contribution in [1.29, 1.82) is 0 Å². The number of benzene rings is 1. The van der Waals surface area contributed by atoms with E-state index in [1.165, 1.54) is 11.8 Å². The van der Waals surface area contributed by atoms with Crippen molar-refractivity contribution in [3.8, 4) is 0 Å². The molecule has 0 amide bonds. The first-order valence-electron chi connectivity index (χ1n) is 5.92. The normalized spacial score (nSPS) is 11.4. The van der Waals surface area contributed by atoms with Gasteiger partial charge in [0.2, 0.25) is 5.28 Å². The van der Waals surface area contributed by atoms with E-state index in [4.69, 9.17) is 23.2 Å².